The Morgan fingerprint density at radius 3 is 2.66 bits per heavy atom. The lowest BCUT2D eigenvalue weighted by atomic mass is 10.0. The van der Waals surface area contributed by atoms with Crippen molar-refractivity contribution in [1.82, 2.24) is 10.6 Å². The lowest BCUT2D eigenvalue weighted by Gasteiger charge is -2.15. The fourth-order valence-corrected chi connectivity index (χ4v) is 3.10. The number of nitrogens with one attached hydrogen (secondary N) is 2. The van der Waals surface area contributed by atoms with Gasteiger partial charge in [0.15, 0.2) is 0 Å². The standard InChI is InChI=1S/C21H23F2N3O3/c1-14(27)25-12-18-13-26(21(28)29-18)17-6-7-19(20(23)10-17)16-4-2-15(3-5-16)11-24-9-8-22/h2-7,10,18,24H,8-9,11-13H2,1H3,(H,25,27). The van der Waals surface area contributed by atoms with Crippen LogP contribution in [-0.4, -0.2) is 44.4 Å². The molecular weight excluding hydrogens is 380 g/mol. The van der Waals surface area contributed by atoms with E-state index in [1.54, 1.807) is 24.3 Å². The molecule has 0 spiro atoms. The van der Waals surface area contributed by atoms with E-state index >= 15 is 0 Å². The molecule has 2 N–H and O–H groups in total. The molecule has 6 nitrogen and oxygen atoms in total. The Morgan fingerprint density at radius 1 is 1.24 bits per heavy atom. The van der Waals surface area contributed by atoms with Crippen LogP contribution < -0.4 is 15.5 Å². The van der Waals surface area contributed by atoms with Crippen LogP contribution in [0.1, 0.15) is 12.5 Å². The minimum absolute atomic E-state index is 0.209. The van der Waals surface area contributed by atoms with Crippen molar-refractivity contribution in [2.45, 2.75) is 19.6 Å². The third-order valence-electron chi connectivity index (χ3n) is 4.58. The number of benzene rings is 2. The first-order valence-corrected chi connectivity index (χ1v) is 9.36. The van der Waals surface area contributed by atoms with Gasteiger partial charge in [-0.2, -0.15) is 0 Å². The molecule has 2 amide bonds. The summed E-state index contributed by atoms with van der Waals surface area (Å²) in [5, 5.41) is 5.56. The fourth-order valence-electron chi connectivity index (χ4n) is 3.10. The Kier molecular flexibility index (Phi) is 6.77. The number of hydrogen-bond donors (Lipinski definition) is 2. The van der Waals surface area contributed by atoms with Gasteiger partial charge in [-0.05, 0) is 29.3 Å². The van der Waals surface area contributed by atoms with Gasteiger partial charge in [-0.25, -0.2) is 13.6 Å². The topological polar surface area (TPSA) is 70.7 Å². The summed E-state index contributed by atoms with van der Waals surface area (Å²) in [6.07, 6.45) is -1.05. The molecule has 0 bridgehead atoms. The van der Waals surface area contributed by atoms with Crippen molar-refractivity contribution in [1.29, 1.82) is 0 Å². The average molecular weight is 403 g/mol. The highest BCUT2D eigenvalue weighted by atomic mass is 19.1. The van der Waals surface area contributed by atoms with E-state index in [4.69, 9.17) is 4.74 Å². The molecule has 1 aliphatic rings. The van der Waals surface area contributed by atoms with Gasteiger partial charge in [0.1, 0.15) is 18.6 Å². The molecule has 1 aliphatic heterocycles. The Labute approximate surface area is 167 Å². The van der Waals surface area contributed by atoms with E-state index in [2.05, 4.69) is 10.6 Å². The van der Waals surface area contributed by atoms with E-state index in [1.165, 1.54) is 17.9 Å². The maximum atomic E-state index is 14.7. The largest absolute Gasteiger partial charge is 0.442 e. The Balaban J connectivity index is 1.68. The van der Waals surface area contributed by atoms with E-state index in [9.17, 15) is 18.4 Å². The van der Waals surface area contributed by atoms with Gasteiger partial charge >= 0.3 is 6.09 Å². The van der Waals surface area contributed by atoms with Crippen LogP contribution in [0.5, 0.6) is 0 Å². The average Bonchev–Trinajstić information content (AvgIpc) is 3.08. The van der Waals surface area contributed by atoms with E-state index in [0.29, 0.717) is 29.9 Å². The summed E-state index contributed by atoms with van der Waals surface area (Å²) in [5.74, 6) is -0.664. The van der Waals surface area contributed by atoms with Gasteiger partial charge in [-0.3, -0.25) is 9.69 Å². The molecule has 3 rings (SSSR count). The molecule has 0 saturated carbocycles. The number of rotatable bonds is 8. The fraction of sp³-hybridized carbons (Fsp3) is 0.333. The molecule has 1 saturated heterocycles. The molecule has 0 radical (unpaired) electrons. The van der Waals surface area contributed by atoms with Gasteiger partial charge < -0.3 is 15.4 Å². The first-order valence-electron chi connectivity index (χ1n) is 9.36. The number of carbonyl (C=O) groups is 2. The third kappa shape index (κ3) is 5.29. The van der Waals surface area contributed by atoms with Gasteiger partial charge in [-0.1, -0.05) is 24.3 Å². The zero-order valence-corrected chi connectivity index (χ0v) is 16.1. The molecule has 1 atom stereocenters. The minimum Gasteiger partial charge on any atom is -0.442 e. The highest BCUT2D eigenvalue weighted by molar-refractivity contribution is 5.90. The Bertz CT molecular complexity index is 874. The van der Waals surface area contributed by atoms with Crippen molar-refractivity contribution in [2.24, 2.45) is 0 Å². The zero-order valence-electron chi connectivity index (χ0n) is 16.1. The molecule has 0 aliphatic carbocycles. The van der Waals surface area contributed by atoms with Crippen LogP contribution in [0.15, 0.2) is 42.5 Å². The van der Waals surface area contributed by atoms with Crippen LogP contribution in [0, 0.1) is 5.82 Å². The first-order chi connectivity index (χ1) is 14.0. The predicted molar refractivity (Wildman–Crippen MR) is 106 cm³/mol. The van der Waals surface area contributed by atoms with Gasteiger partial charge in [-0.15, -0.1) is 0 Å². The van der Waals surface area contributed by atoms with Crippen LogP contribution in [0.25, 0.3) is 11.1 Å². The number of halogens is 2. The normalized spacial score (nSPS) is 16.0. The monoisotopic (exact) mass is 403 g/mol. The summed E-state index contributed by atoms with van der Waals surface area (Å²) < 4.78 is 32.1. The molecular formula is C21H23F2N3O3. The SMILES string of the molecule is CC(=O)NCC1CN(c2ccc(-c3ccc(CNCCF)cc3)c(F)c2)C(=O)O1. The predicted octanol–water partition coefficient (Wildman–Crippen LogP) is 3.01. The van der Waals surface area contributed by atoms with Crippen LogP contribution in [0.4, 0.5) is 19.3 Å². The summed E-state index contributed by atoms with van der Waals surface area (Å²) in [7, 11) is 0. The molecule has 0 aromatic heterocycles. The molecule has 154 valence electrons. The number of alkyl halides is 1. The summed E-state index contributed by atoms with van der Waals surface area (Å²) in [4.78, 5) is 24.4. The van der Waals surface area contributed by atoms with E-state index in [0.717, 1.165) is 5.56 Å². The Morgan fingerprint density at radius 2 is 2.00 bits per heavy atom. The summed E-state index contributed by atoms with van der Waals surface area (Å²) >= 11 is 0. The van der Waals surface area contributed by atoms with Crippen molar-refractivity contribution < 1.29 is 23.1 Å². The molecule has 29 heavy (non-hydrogen) atoms. The van der Waals surface area contributed by atoms with E-state index < -0.39 is 24.7 Å². The second kappa shape index (κ2) is 9.47. The van der Waals surface area contributed by atoms with Crippen LogP contribution >= 0.6 is 0 Å². The minimum atomic E-state index is -0.572. The second-order valence-electron chi connectivity index (χ2n) is 6.78. The van der Waals surface area contributed by atoms with Gasteiger partial charge in [0, 0.05) is 25.6 Å². The van der Waals surface area contributed by atoms with Crippen LogP contribution in [0.3, 0.4) is 0 Å². The number of ether oxygens (including phenoxy) is 1. The van der Waals surface area contributed by atoms with Crippen molar-refractivity contribution in [3.63, 3.8) is 0 Å². The van der Waals surface area contributed by atoms with Crippen molar-refractivity contribution in [3.05, 3.63) is 53.8 Å². The Hall–Kier alpha value is -3.00. The molecule has 1 unspecified atom stereocenters. The van der Waals surface area contributed by atoms with Gasteiger partial charge in [0.05, 0.1) is 18.8 Å². The number of cyclic esters (lactones) is 1. The highest BCUT2D eigenvalue weighted by Gasteiger charge is 2.32. The summed E-state index contributed by atoms with van der Waals surface area (Å²) in [6.45, 7) is 2.25. The van der Waals surface area contributed by atoms with Crippen molar-refractivity contribution in [2.75, 3.05) is 31.2 Å². The zero-order chi connectivity index (χ0) is 20.8. The number of amides is 2. The second-order valence-corrected chi connectivity index (χ2v) is 6.78. The van der Waals surface area contributed by atoms with Crippen LogP contribution in [-0.2, 0) is 16.1 Å². The third-order valence-corrected chi connectivity index (χ3v) is 4.58. The summed E-state index contributed by atoms with van der Waals surface area (Å²) in [6, 6.07) is 11.9. The van der Waals surface area contributed by atoms with E-state index in [-0.39, 0.29) is 19.0 Å². The lowest BCUT2D eigenvalue weighted by molar-refractivity contribution is -0.119. The number of nitrogens with zero attached hydrogens (tertiary/aromatic N) is 1. The number of carbonyl (C=O) groups excluding carboxylic acids is 2. The molecule has 2 aromatic carbocycles. The van der Waals surface area contributed by atoms with Crippen molar-refractivity contribution >= 4 is 17.7 Å². The number of anilines is 1. The quantitative estimate of drug-likeness (QED) is 0.665. The van der Waals surface area contributed by atoms with Crippen molar-refractivity contribution in [3.8, 4) is 11.1 Å². The lowest BCUT2D eigenvalue weighted by Crippen LogP contribution is -2.33. The van der Waals surface area contributed by atoms with Crippen LogP contribution in [0.2, 0.25) is 0 Å². The first kappa shape index (κ1) is 20.7. The molecule has 2 aromatic rings. The maximum Gasteiger partial charge on any atom is 0.414 e. The smallest absolute Gasteiger partial charge is 0.414 e. The summed E-state index contributed by atoms with van der Waals surface area (Å²) in [5.41, 5.74) is 2.49. The van der Waals surface area contributed by atoms with E-state index in [1.807, 2.05) is 12.1 Å². The highest BCUT2D eigenvalue weighted by Crippen LogP contribution is 2.29. The number of hydrogen-bond acceptors (Lipinski definition) is 4. The maximum absolute atomic E-state index is 14.7. The molecule has 1 heterocycles. The van der Waals surface area contributed by atoms with Gasteiger partial charge in [0.2, 0.25) is 5.91 Å². The molecule has 8 heteroatoms. The van der Waals surface area contributed by atoms with Gasteiger partial charge in [0.25, 0.3) is 0 Å². The molecule has 1 fully saturated rings.